The third-order valence-electron chi connectivity index (χ3n) is 5.57. The molecule has 4 aromatic rings. The van der Waals surface area contributed by atoms with Gasteiger partial charge >= 0.3 is 6.36 Å². The lowest BCUT2D eigenvalue weighted by atomic mass is 10.1. The van der Waals surface area contributed by atoms with Crippen LogP contribution in [-0.4, -0.2) is 31.9 Å². The van der Waals surface area contributed by atoms with Crippen LogP contribution in [0.15, 0.2) is 67.1 Å². The van der Waals surface area contributed by atoms with Crippen LogP contribution < -0.4 is 9.47 Å². The molecule has 0 fully saturated rings. The average Bonchev–Trinajstić information content (AvgIpc) is 3.39. The van der Waals surface area contributed by atoms with Gasteiger partial charge in [0, 0.05) is 44.2 Å². The van der Waals surface area contributed by atoms with Crippen molar-refractivity contribution < 1.29 is 31.8 Å². The van der Waals surface area contributed by atoms with Gasteiger partial charge in [0.05, 0.1) is 6.20 Å². The van der Waals surface area contributed by atoms with E-state index in [0.29, 0.717) is 24.7 Å². The van der Waals surface area contributed by atoms with E-state index < -0.39 is 17.9 Å². The van der Waals surface area contributed by atoms with Gasteiger partial charge in [0.15, 0.2) is 11.6 Å². The van der Waals surface area contributed by atoms with E-state index in [1.807, 2.05) is 37.5 Å². The fraction of sp³-hybridized carbons (Fsp3) is 0.160. The Morgan fingerprint density at radius 3 is 2.50 bits per heavy atom. The zero-order chi connectivity index (χ0) is 25.4. The summed E-state index contributed by atoms with van der Waals surface area (Å²) in [7, 11) is 1.84. The Bertz CT molecular complexity index is 1430. The van der Waals surface area contributed by atoms with E-state index in [1.54, 1.807) is 21.8 Å². The predicted octanol–water partition coefficient (Wildman–Crippen LogP) is 5.47. The van der Waals surface area contributed by atoms with Gasteiger partial charge in [-0.3, -0.25) is 9.48 Å². The maximum Gasteiger partial charge on any atom is 0.573 e. The number of alkyl halides is 3. The number of carbonyl (C=O) groups excluding carboxylic acids is 1. The summed E-state index contributed by atoms with van der Waals surface area (Å²) < 4.78 is 62.4. The first-order valence-electron chi connectivity index (χ1n) is 10.7. The van der Waals surface area contributed by atoms with Crippen LogP contribution in [0.25, 0.3) is 11.1 Å². The van der Waals surface area contributed by atoms with E-state index >= 15 is 0 Å². The Morgan fingerprint density at radius 2 is 1.83 bits per heavy atom. The van der Waals surface area contributed by atoms with E-state index in [1.165, 1.54) is 6.20 Å². The maximum absolute atomic E-state index is 14.4. The van der Waals surface area contributed by atoms with Crippen molar-refractivity contribution in [1.82, 2.24) is 19.7 Å². The Morgan fingerprint density at radius 1 is 1.06 bits per heavy atom. The molecule has 0 saturated heterocycles. The number of fused-ring (bicyclic) bond motifs is 1. The minimum Gasteiger partial charge on any atom is -0.435 e. The number of benzene rings is 2. The molecule has 11 heteroatoms. The van der Waals surface area contributed by atoms with Crippen molar-refractivity contribution >= 4 is 5.91 Å². The van der Waals surface area contributed by atoms with E-state index in [2.05, 4.69) is 14.8 Å². The summed E-state index contributed by atoms with van der Waals surface area (Å²) in [5.74, 6) is -2.68. The zero-order valence-corrected chi connectivity index (χ0v) is 18.8. The molecule has 2 aromatic heterocycles. The van der Waals surface area contributed by atoms with Crippen LogP contribution in [0.5, 0.6) is 17.4 Å². The van der Waals surface area contributed by atoms with Crippen molar-refractivity contribution in [2.45, 2.75) is 19.5 Å². The lowest BCUT2D eigenvalue weighted by Crippen LogP contribution is -2.23. The van der Waals surface area contributed by atoms with Crippen molar-refractivity contribution in [1.29, 1.82) is 0 Å². The number of nitrogens with zero attached hydrogens (tertiary/aromatic N) is 4. The molecule has 2 aromatic carbocycles. The highest BCUT2D eigenvalue weighted by Crippen LogP contribution is 2.35. The van der Waals surface area contributed by atoms with Gasteiger partial charge in [0.2, 0.25) is 5.88 Å². The molecular weight excluding hydrogens is 480 g/mol. The summed E-state index contributed by atoms with van der Waals surface area (Å²) in [6.07, 6.45) is 0.145. The molecule has 0 bridgehead atoms. The van der Waals surface area contributed by atoms with Gasteiger partial charge in [0.1, 0.15) is 11.3 Å². The summed E-state index contributed by atoms with van der Waals surface area (Å²) in [4.78, 5) is 18.8. The van der Waals surface area contributed by atoms with Crippen LogP contribution in [-0.2, 0) is 20.1 Å². The highest BCUT2D eigenvalue weighted by Gasteiger charge is 2.33. The number of hydrogen-bond acceptors (Lipinski definition) is 5. The molecule has 0 radical (unpaired) electrons. The lowest BCUT2D eigenvalue weighted by Gasteiger charge is -2.16. The second-order valence-electron chi connectivity index (χ2n) is 8.15. The quantitative estimate of drug-likeness (QED) is 0.330. The van der Waals surface area contributed by atoms with Gasteiger partial charge in [-0.1, -0.05) is 24.3 Å². The molecule has 36 heavy (non-hydrogen) atoms. The molecule has 7 nitrogen and oxygen atoms in total. The van der Waals surface area contributed by atoms with Gasteiger partial charge in [-0.05, 0) is 34.9 Å². The third-order valence-corrected chi connectivity index (χ3v) is 5.57. The summed E-state index contributed by atoms with van der Waals surface area (Å²) in [6, 6.07) is 11.9. The molecule has 0 atom stereocenters. The fourth-order valence-corrected chi connectivity index (χ4v) is 3.94. The van der Waals surface area contributed by atoms with Crippen molar-refractivity contribution in [2.75, 3.05) is 0 Å². The normalized spacial score (nSPS) is 13.1. The van der Waals surface area contributed by atoms with Crippen LogP contribution >= 0.6 is 0 Å². The van der Waals surface area contributed by atoms with Crippen LogP contribution in [0.1, 0.15) is 21.5 Å². The van der Waals surface area contributed by atoms with E-state index in [4.69, 9.17) is 4.74 Å². The second kappa shape index (κ2) is 8.99. The van der Waals surface area contributed by atoms with Gasteiger partial charge < -0.3 is 14.4 Å². The first-order chi connectivity index (χ1) is 17.2. The van der Waals surface area contributed by atoms with E-state index in [0.717, 1.165) is 28.8 Å². The number of carbonyl (C=O) groups is 1. The highest BCUT2D eigenvalue weighted by atomic mass is 19.4. The van der Waals surface area contributed by atoms with Gasteiger partial charge in [-0.15, -0.1) is 13.2 Å². The van der Waals surface area contributed by atoms with Crippen molar-refractivity contribution in [3.05, 3.63) is 89.6 Å². The topological polar surface area (TPSA) is 69.5 Å². The van der Waals surface area contributed by atoms with Crippen LogP contribution in [0.4, 0.5) is 17.6 Å². The third kappa shape index (κ3) is 4.85. The number of aryl methyl sites for hydroxylation is 1. The Balaban J connectivity index is 1.32. The molecular formula is C25H18F4N4O3. The minimum atomic E-state index is -4.95. The Labute approximate surface area is 202 Å². The number of pyridine rings is 1. The molecule has 0 aliphatic carbocycles. The van der Waals surface area contributed by atoms with Crippen molar-refractivity contribution in [3.63, 3.8) is 0 Å². The minimum absolute atomic E-state index is 0.129. The molecule has 3 heterocycles. The smallest absolute Gasteiger partial charge is 0.435 e. The molecule has 0 spiro atoms. The summed E-state index contributed by atoms with van der Waals surface area (Å²) >= 11 is 0. The number of halogens is 4. The fourth-order valence-electron chi connectivity index (χ4n) is 3.94. The van der Waals surface area contributed by atoms with Crippen LogP contribution in [0.3, 0.4) is 0 Å². The average molecular weight is 498 g/mol. The van der Waals surface area contributed by atoms with E-state index in [9.17, 15) is 22.4 Å². The van der Waals surface area contributed by atoms with E-state index in [-0.39, 0.29) is 23.1 Å². The standard InChI is InChI=1S/C25H18F4N4O3/c1-32-13-18(11-31-32)16-4-2-15(3-5-16)12-33-14-17-8-9-30-23(22(17)24(33)34)35-21-7-6-19(10-20(21)26)36-25(27,28)29/h2-11,13H,12,14H2,1H3. The van der Waals surface area contributed by atoms with Crippen LogP contribution in [0.2, 0.25) is 0 Å². The number of hydrogen-bond donors (Lipinski definition) is 0. The van der Waals surface area contributed by atoms with Gasteiger partial charge in [-0.2, -0.15) is 5.10 Å². The van der Waals surface area contributed by atoms with Gasteiger partial charge in [-0.25, -0.2) is 9.37 Å². The monoisotopic (exact) mass is 498 g/mol. The number of amides is 1. The lowest BCUT2D eigenvalue weighted by molar-refractivity contribution is -0.274. The second-order valence-corrected chi connectivity index (χ2v) is 8.15. The van der Waals surface area contributed by atoms with Crippen molar-refractivity contribution in [2.24, 2.45) is 7.05 Å². The summed E-state index contributed by atoms with van der Waals surface area (Å²) in [5.41, 5.74) is 3.71. The highest BCUT2D eigenvalue weighted by molar-refractivity contribution is 6.00. The molecule has 5 rings (SSSR count). The molecule has 1 aliphatic heterocycles. The number of rotatable bonds is 6. The first kappa shape index (κ1) is 23.3. The SMILES string of the molecule is Cn1cc(-c2ccc(CN3Cc4ccnc(Oc5ccc(OC(F)(F)F)cc5F)c4C3=O)cc2)cn1. The molecule has 1 aliphatic rings. The summed E-state index contributed by atoms with van der Waals surface area (Å²) in [6.45, 7) is 0.635. The van der Waals surface area contributed by atoms with Gasteiger partial charge in [0.25, 0.3) is 5.91 Å². The molecule has 0 N–H and O–H groups in total. The molecule has 0 saturated carbocycles. The van der Waals surface area contributed by atoms with Crippen LogP contribution in [0, 0.1) is 5.82 Å². The maximum atomic E-state index is 14.4. The molecule has 1 amide bonds. The zero-order valence-electron chi connectivity index (χ0n) is 18.8. The van der Waals surface area contributed by atoms with Crippen molar-refractivity contribution in [3.8, 4) is 28.5 Å². The Kier molecular flexibility index (Phi) is 5.83. The number of aromatic nitrogens is 3. The first-order valence-corrected chi connectivity index (χ1v) is 10.7. The summed E-state index contributed by atoms with van der Waals surface area (Å²) in [5, 5.41) is 4.16. The molecule has 0 unspecified atom stereocenters. The molecule has 184 valence electrons. The Hall–Kier alpha value is -4.41. The predicted molar refractivity (Wildman–Crippen MR) is 120 cm³/mol. The largest absolute Gasteiger partial charge is 0.573 e. The number of ether oxygens (including phenoxy) is 2.